The van der Waals surface area contributed by atoms with E-state index >= 15 is 0 Å². The normalized spacial score (nSPS) is 12.0. The lowest BCUT2D eigenvalue weighted by Crippen LogP contribution is -2.19. The van der Waals surface area contributed by atoms with Crippen LogP contribution in [0.15, 0.2) is 48.8 Å². The fourth-order valence-corrected chi connectivity index (χ4v) is 5.77. The first-order chi connectivity index (χ1) is 15.8. The number of nitrogens with zero attached hydrogens (tertiary/aromatic N) is 6. The van der Waals surface area contributed by atoms with Crippen LogP contribution in [0.1, 0.15) is 5.69 Å². The summed E-state index contributed by atoms with van der Waals surface area (Å²) in [5.41, 5.74) is 6.84. The van der Waals surface area contributed by atoms with Gasteiger partial charge in [-0.25, -0.2) is 32.7 Å². The highest BCUT2D eigenvalue weighted by atomic mass is 127. The lowest BCUT2D eigenvalue weighted by atomic mass is 10.1. The quantitative estimate of drug-likeness (QED) is 0.311. The molecule has 0 fully saturated rings. The van der Waals surface area contributed by atoms with Crippen LogP contribution < -0.4 is 5.73 Å². The highest BCUT2D eigenvalue weighted by molar-refractivity contribution is 14.1. The van der Waals surface area contributed by atoms with Crippen molar-refractivity contribution >= 4 is 72.1 Å². The Morgan fingerprint density at radius 2 is 1.88 bits per heavy atom. The molecule has 0 atom stereocenters. The van der Waals surface area contributed by atoms with Crippen LogP contribution in [0.2, 0.25) is 5.02 Å². The second-order valence-electron chi connectivity index (χ2n) is 6.95. The molecule has 0 aliphatic carbocycles. The van der Waals surface area contributed by atoms with Crippen LogP contribution in [0.25, 0.3) is 33.3 Å². The Balaban J connectivity index is 1.73. The van der Waals surface area contributed by atoms with Crippen molar-refractivity contribution in [3.8, 4) is 11.3 Å². The lowest BCUT2D eigenvalue weighted by Gasteiger charge is -2.12. The molecular weight excluding hydrogens is 584 g/mol. The molecule has 0 saturated heterocycles. The molecule has 0 spiro atoms. The first-order valence-electron chi connectivity index (χ1n) is 9.34. The van der Waals surface area contributed by atoms with E-state index in [1.807, 2.05) is 22.6 Å². The van der Waals surface area contributed by atoms with Crippen molar-refractivity contribution in [3.63, 3.8) is 0 Å². The molecule has 5 rings (SSSR count). The van der Waals surface area contributed by atoms with Gasteiger partial charge in [0.25, 0.3) is 10.0 Å². The van der Waals surface area contributed by atoms with Gasteiger partial charge in [0, 0.05) is 5.56 Å². The summed E-state index contributed by atoms with van der Waals surface area (Å²) in [6, 6.07) is 11.1. The Kier molecular flexibility index (Phi) is 5.37. The number of anilines is 1. The molecule has 3 heterocycles. The van der Waals surface area contributed by atoms with E-state index in [9.17, 15) is 12.8 Å². The molecule has 3 aromatic heterocycles. The Bertz CT molecular complexity index is 1680. The molecule has 0 aliphatic rings. The van der Waals surface area contributed by atoms with Gasteiger partial charge < -0.3 is 5.73 Å². The monoisotopic (exact) mass is 595 g/mol. The third-order valence-corrected chi connectivity index (χ3v) is 7.36. The molecule has 5 aromatic rings. The molecular formula is C20H12ClFIN7O2S. The minimum absolute atomic E-state index is 0.0152. The van der Waals surface area contributed by atoms with Crippen LogP contribution >= 0.6 is 34.2 Å². The van der Waals surface area contributed by atoms with Crippen LogP contribution in [0, 0.1) is 9.52 Å². The van der Waals surface area contributed by atoms with Gasteiger partial charge in [0.05, 0.1) is 27.3 Å². The van der Waals surface area contributed by atoms with Crippen LogP contribution in [0.5, 0.6) is 0 Å². The molecule has 0 unspecified atom stereocenters. The van der Waals surface area contributed by atoms with Crippen LogP contribution in [-0.4, -0.2) is 37.5 Å². The number of para-hydroxylation sites is 1. The Morgan fingerprint density at radius 3 is 2.67 bits per heavy atom. The van der Waals surface area contributed by atoms with Crippen LogP contribution in [0.3, 0.4) is 0 Å². The zero-order chi connectivity index (χ0) is 23.3. The molecule has 9 nitrogen and oxygen atoms in total. The molecule has 2 N–H and O–H groups in total. The van der Waals surface area contributed by atoms with E-state index in [-0.39, 0.29) is 33.9 Å². The number of aromatic nitrogens is 6. The summed E-state index contributed by atoms with van der Waals surface area (Å²) in [6.45, 7) is 0. The molecule has 13 heteroatoms. The van der Waals surface area contributed by atoms with Crippen molar-refractivity contribution in [1.29, 1.82) is 0 Å². The molecule has 2 aromatic carbocycles. The number of benzene rings is 2. The predicted octanol–water partition coefficient (Wildman–Crippen LogP) is 3.79. The van der Waals surface area contributed by atoms with Crippen LogP contribution in [-0.2, 0) is 15.8 Å². The number of hydrogen-bond acceptors (Lipinski definition) is 8. The third-order valence-electron chi connectivity index (χ3n) is 4.85. The maximum Gasteiger partial charge on any atom is 0.261 e. The van der Waals surface area contributed by atoms with Gasteiger partial charge in [-0.05, 0) is 40.8 Å². The fourth-order valence-electron chi connectivity index (χ4n) is 3.38. The molecule has 0 aliphatic heterocycles. The summed E-state index contributed by atoms with van der Waals surface area (Å²) in [7, 11) is -4.17. The standard InChI is InChI=1S/C20H12ClFIN7O2S/c21-11-5-2-1-4-10(11)16-14(28-17-12(22)6-3-7-13(17)27-16)8-33(31,32)30-20-15(18(23)29-30)19(24)25-9-26-20/h1-7,9H,8H2,(H2,24,25,26). The van der Waals surface area contributed by atoms with Crippen molar-refractivity contribution in [1.82, 2.24) is 29.1 Å². The zero-order valence-electron chi connectivity index (χ0n) is 16.4. The maximum atomic E-state index is 14.5. The van der Waals surface area contributed by atoms with E-state index < -0.39 is 21.6 Å². The Hall–Kier alpha value is -2.97. The van der Waals surface area contributed by atoms with Gasteiger partial charge in [0.1, 0.15) is 27.1 Å². The molecule has 166 valence electrons. The average Bonchev–Trinajstić information content (AvgIpc) is 3.13. The van der Waals surface area contributed by atoms with E-state index in [0.717, 1.165) is 10.4 Å². The van der Waals surface area contributed by atoms with Gasteiger partial charge in [0.15, 0.2) is 11.5 Å². The fraction of sp³-hybridized carbons (Fsp3) is 0.0500. The maximum absolute atomic E-state index is 14.5. The van der Waals surface area contributed by atoms with Crippen LogP contribution in [0.4, 0.5) is 10.2 Å². The van der Waals surface area contributed by atoms with E-state index in [1.54, 1.807) is 30.3 Å². The summed E-state index contributed by atoms with van der Waals surface area (Å²) >= 11 is 8.22. The number of hydrogen-bond donors (Lipinski definition) is 1. The minimum Gasteiger partial charge on any atom is -0.383 e. The van der Waals surface area contributed by atoms with Gasteiger partial charge in [-0.15, -0.1) is 9.19 Å². The number of rotatable bonds is 4. The van der Waals surface area contributed by atoms with Gasteiger partial charge in [-0.1, -0.05) is 35.9 Å². The van der Waals surface area contributed by atoms with Crippen molar-refractivity contribution in [2.45, 2.75) is 5.75 Å². The number of fused-ring (bicyclic) bond motifs is 2. The Morgan fingerprint density at radius 1 is 1.09 bits per heavy atom. The van der Waals surface area contributed by atoms with Crippen molar-refractivity contribution < 1.29 is 12.8 Å². The van der Waals surface area contributed by atoms with Gasteiger partial charge >= 0.3 is 0 Å². The summed E-state index contributed by atoms with van der Waals surface area (Å²) in [6.07, 6.45) is 1.15. The predicted molar refractivity (Wildman–Crippen MR) is 130 cm³/mol. The molecule has 0 saturated carbocycles. The first kappa shape index (κ1) is 21.9. The number of nitrogens with two attached hydrogens (primary N) is 1. The van der Waals surface area contributed by atoms with E-state index in [4.69, 9.17) is 17.3 Å². The summed E-state index contributed by atoms with van der Waals surface area (Å²) in [4.78, 5) is 16.8. The second-order valence-corrected chi connectivity index (χ2v) is 10.2. The van der Waals surface area contributed by atoms with Crippen molar-refractivity contribution in [2.24, 2.45) is 0 Å². The topological polar surface area (TPSA) is 130 Å². The molecule has 33 heavy (non-hydrogen) atoms. The third kappa shape index (κ3) is 3.77. The molecule has 0 bridgehead atoms. The summed E-state index contributed by atoms with van der Waals surface area (Å²) in [5, 5.41) is 4.77. The van der Waals surface area contributed by atoms with Gasteiger partial charge in [-0.2, -0.15) is 0 Å². The number of halogens is 3. The summed E-state index contributed by atoms with van der Waals surface area (Å²) < 4.78 is 42.4. The molecule has 0 radical (unpaired) electrons. The smallest absolute Gasteiger partial charge is 0.261 e. The SMILES string of the molecule is Nc1ncnc2c1c(I)nn2S(=O)(=O)Cc1nc2c(F)cccc2nc1-c1ccccc1Cl. The average molecular weight is 596 g/mol. The first-order valence-corrected chi connectivity index (χ1v) is 12.4. The van der Waals surface area contributed by atoms with E-state index in [0.29, 0.717) is 19.7 Å². The van der Waals surface area contributed by atoms with E-state index in [2.05, 4.69) is 25.0 Å². The van der Waals surface area contributed by atoms with Gasteiger partial charge in [-0.3, -0.25) is 0 Å². The zero-order valence-corrected chi connectivity index (χ0v) is 20.2. The lowest BCUT2D eigenvalue weighted by molar-refractivity contribution is 0.579. The second kappa shape index (κ2) is 8.11. The number of nitrogen functional groups attached to an aromatic ring is 1. The van der Waals surface area contributed by atoms with Crippen molar-refractivity contribution in [3.05, 3.63) is 69.0 Å². The van der Waals surface area contributed by atoms with Gasteiger partial charge in [0.2, 0.25) is 0 Å². The summed E-state index contributed by atoms with van der Waals surface area (Å²) in [5.74, 6) is -1.15. The van der Waals surface area contributed by atoms with Crippen molar-refractivity contribution in [2.75, 3.05) is 5.73 Å². The highest BCUT2D eigenvalue weighted by Crippen LogP contribution is 2.32. The Labute approximate surface area is 205 Å². The largest absolute Gasteiger partial charge is 0.383 e. The highest BCUT2D eigenvalue weighted by Gasteiger charge is 2.27. The van der Waals surface area contributed by atoms with E-state index in [1.165, 1.54) is 12.1 Å². The minimum atomic E-state index is -4.17. The molecule has 0 amide bonds.